The Morgan fingerprint density at radius 2 is 1.76 bits per heavy atom. The second kappa shape index (κ2) is 6.25. The van der Waals surface area contributed by atoms with Crippen LogP contribution in [0.15, 0.2) is 0 Å². The fraction of sp³-hybridized carbons (Fsp3) is 0.941. The number of likely N-dealkylation sites (tertiary alicyclic amines) is 1. The summed E-state index contributed by atoms with van der Waals surface area (Å²) in [6.07, 6.45) is 2.57. The summed E-state index contributed by atoms with van der Waals surface area (Å²) in [5, 5.41) is 3.57. The third kappa shape index (κ3) is 3.59. The molecule has 21 heavy (non-hydrogen) atoms. The van der Waals surface area contributed by atoms with Crippen molar-refractivity contribution < 1.29 is 4.79 Å². The van der Waals surface area contributed by atoms with Crippen LogP contribution in [0.25, 0.3) is 0 Å². The van der Waals surface area contributed by atoms with Gasteiger partial charge in [-0.1, -0.05) is 34.6 Å². The van der Waals surface area contributed by atoms with Gasteiger partial charge in [-0.05, 0) is 50.2 Å². The smallest absolute Gasteiger partial charge is 0.241 e. The molecule has 1 amide bonds. The van der Waals surface area contributed by atoms with Gasteiger partial charge in [-0.25, -0.2) is 0 Å². The summed E-state index contributed by atoms with van der Waals surface area (Å²) in [6, 6.07) is -0.00716. The van der Waals surface area contributed by atoms with E-state index in [0.29, 0.717) is 17.7 Å². The molecule has 0 aromatic rings. The van der Waals surface area contributed by atoms with Gasteiger partial charge in [-0.15, -0.1) is 0 Å². The summed E-state index contributed by atoms with van der Waals surface area (Å²) in [6.45, 7) is 14.2. The third-order valence-corrected chi connectivity index (χ3v) is 5.28. The van der Waals surface area contributed by atoms with Crippen molar-refractivity contribution in [3.63, 3.8) is 0 Å². The van der Waals surface area contributed by atoms with Crippen LogP contribution in [0.3, 0.4) is 0 Å². The molecule has 2 atom stereocenters. The molecule has 122 valence electrons. The zero-order chi connectivity index (χ0) is 15.8. The van der Waals surface area contributed by atoms with Crippen molar-refractivity contribution >= 4 is 5.91 Å². The molecule has 0 bridgehead atoms. The Hall–Kier alpha value is -0.610. The SMILES string of the molecule is CC(C)C1NC(C(C)C)N(CC2(C)CCN(C)CC2)C1=O. The molecule has 4 nitrogen and oxygen atoms in total. The molecule has 0 radical (unpaired) electrons. The lowest BCUT2D eigenvalue weighted by Crippen LogP contribution is -2.49. The number of hydrogen-bond acceptors (Lipinski definition) is 3. The topological polar surface area (TPSA) is 35.6 Å². The Morgan fingerprint density at radius 3 is 2.24 bits per heavy atom. The average Bonchev–Trinajstić information content (AvgIpc) is 2.71. The molecule has 2 unspecified atom stereocenters. The van der Waals surface area contributed by atoms with E-state index in [2.05, 4.69) is 56.8 Å². The van der Waals surface area contributed by atoms with Gasteiger partial charge >= 0.3 is 0 Å². The van der Waals surface area contributed by atoms with Gasteiger partial charge in [0.05, 0.1) is 12.2 Å². The predicted molar refractivity (Wildman–Crippen MR) is 86.9 cm³/mol. The molecule has 2 rings (SSSR count). The number of piperidine rings is 1. The van der Waals surface area contributed by atoms with Gasteiger partial charge in [0.1, 0.15) is 0 Å². The zero-order valence-corrected chi connectivity index (χ0v) is 14.6. The first kappa shape index (κ1) is 16.8. The monoisotopic (exact) mass is 295 g/mol. The lowest BCUT2D eigenvalue weighted by Gasteiger charge is -2.42. The molecule has 0 aromatic carbocycles. The Labute approximate surface area is 130 Å². The number of carbonyl (C=O) groups excluding carboxylic acids is 1. The van der Waals surface area contributed by atoms with Crippen LogP contribution in [0.1, 0.15) is 47.5 Å². The molecule has 0 spiro atoms. The van der Waals surface area contributed by atoms with Crippen LogP contribution < -0.4 is 5.32 Å². The first-order valence-electron chi connectivity index (χ1n) is 8.48. The van der Waals surface area contributed by atoms with E-state index in [9.17, 15) is 4.79 Å². The van der Waals surface area contributed by atoms with Gasteiger partial charge in [0.15, 0.2) is 0 Å². The predicted octanol–water partition coefficient (Wildman–Crippen LogP) is 2.16. The van der Waals surface area contributed by atoms with Crippen LogP contribution >= 0.6 is 0 Å². The molecule has 2 heterocycles. The van der Waals surface area contributed by atoms with Crippen molar-refractivity contribution in [1.82, 2.24) is 15.1 Å². The molecular weight excluding hydrogens is 262 g/mol. The van der Waals surface area contributed by atoms with Crippen LogP contribution in [-0.4, -0.2) is 54.6 Å². The summed E-state index contributed by atoms with van der Waals surface area (Å²) in [5.41, 5.74) is 0.267. The highest BCUT2D eigenvalue weighted by Crippen LogP contribution is 2.34. The van der Waals surface area contributed by atoms with Crippen LogP contribution in [0.2, 0.25) is 0 Å². The van der Waals surface area contributed by atoms with Crippen molar-refractivity contribution in [1.29, 1.82) is 0 Å². The summed E-state index contributed by atoms with van der Waals surface area (Å²) < 4.78 is 0. The van der Waals surface area contributed by atoms with Crippen molar-refractivity contribution in [2.45, 2.75) is 59.7 Å². The molecule has 2 fully saturated rings. The Balaban J connectivity index is 2.10. The van der Waals surface area contributed by atoms with E-state index in [1.54, 1.807) is 0 Å². The van der Waals surface area contributed by atoms with Gasteiger partial charge in [0, 0.05) is 6.54 Å². The Kier molecular flexibility index (Phi) is 4.99. The minimum atomic E-state index is -0.00716. The first-order valence-corrected chi connectivity index (χ1v) is 8.48. The highest BCUT2D eigenvalue weighted by molar-refractivity contribution is 5.84. The van der Waals surface area contributed by atoms with Gasteiger partial charge in [0.2, 0.25) is 5.91 Å². The highest BCUT2D eigenvalue weighted by Gasteiger charge is 2.44. The standard InChI is InChI=1S/C17H33N3O/c1-12(2)14-16(21)20(15(18-14)13(3)4)11-17(5)7-9-19(6)10-8-17/h12-15,18H,7-11H2,1-6H3. The molecule has 2 saturated heterocycles. The van der Waals surface area contributed by atoms with Crippen LogP contribution in [0, 0.1) is 17.3 Å². The van der Waals surface area contributed by atoms with E-state index in [1.165, 1.54) is 12.8 Å². The molecular formula is C17H33N3O. The second-order valence-electron chi connectivity index (χ2n) is 8.16. The van der Waals surface area contributed by atoms with Crippen LogP contribution in [0.5, 0.6) is 0 Å². The molecule has 2 aliphatic heterocycles. The van der Waals surface area contributed by atoms with Gasteiger partial charge in [-0.3, -0.25) is 10.1 Å². The third-order valence-electron chi connectivity index (χ3n) is 5.28. The fourth-order valence-electron chi connectivity index (χ4n) is 3.59. The van der Waals surface area contributed by atoms with Crippen molar-refractivity contribution in [2.24, 2.45) is 17.3 Å². The van der Waals surface area contributed by atoms with Crippen LogP contribution in [0.4, 0.5) is 0 Å². The number of hydrogen-bond donors (Lipinski definition) is 1. The van der Waals surface area contributed by atoms with E-state index in [4.69, 9.17) is 0 Å². The zero-order valence-electron chi connectivity index (χ0n) is 14.6. The van der Waals surface area contributed by atoms with Crippen molar-refractivity contribution in [3.8, 4) is 0 Å². The summed E-state index contributed by atoms with van der Waals surface area (Å²) in [5.74, 6) is 1.12. The normalized spacial score (nSPS) is 30.7. The van der Waals surface area contributed by atoms with E-state index in [0.717, 1.165) is 19.6 Å². The number of nitrogens with zero attached hydrogens (tertiary/aromatic N) is 2. The quantitative estimate of drug-likeness (QED) is 0.863. The van der Waals surface area contributed by atoms with E-state index < -0.39 is 0 Å². The summed E-state index contributed by atoms with van der Waals surface area (Å²) in [4.78, 5) is 17.3. The summed E-state index contributed by atoms with van der Waals surface area (Å²) in [7, 11) is 2.19. The van der Waals surface area contributed by atoms with Crippen molar-refractivity contribution in [3.05, 3.63) is 0 Å². The van der Waals surface area contributed by atoms with Crippen molar-refractivity contribution in [2.75, 3.05) is 26.7 Å². The molecule has 0 aliphatic carbocycles. The van der Waals surface area contributed by atoms with E-state index in [1.807, 2.05) is 0 Å². The first-order chi connectivity index (χ1) is 9.73. The Morgan fingerprint density at radius 1 is 1.19 bits per heavy atom. The van der Waals surface area contributed by atoms with Gasteiger partial charge < -0.3 is 9.80 Å². The minimum absolute atomic E-state index is 0.00716. The second-order valence-corrected chi connectivity index (χ2v) is 8.16. The number of rotatable bonds is 4. The maximum absolute atomic E-state index is 12.8. The molecule has 1 N–H and O–H groups in total. The molecule has 2 aliphatic rings. The molecule has 4 heteroatoms. The molecule has 0 saturated carbocycles. The molecule has 0 aromatic heterocycles. The lowest BCUT2D eigenvalue weighted by atomic mass is 9.79. The average molecular weight is 295 g/mol. The van der Waals surface area contributed by atoms with Gasteiger partial charge in [-0.2, -0.15) is 0 Å². The number of nitrogens with one attached hydrogen (secondary N) is 1. The highest BCUT2D eigenvalue weighted by atomic mass is 16.2. The van der Waals surface area contributed by atoms with Gasteiger partial charge in [0.25, 0.3) is 0 Å². The Bertz CT molecular complexity index is 372. The lowest BCUT2D eigenvalue weighted by molar-refractivity contribution is -0.133. The maximum Gasteiger partial charge on any atom is 0.241 e. The minimum Gasteiger partial charge on any atom is -0.325 e. The van der Waals surface area contributed by atoms with E-state index in [-0.39, 0.29) is 17.6 Å². The van der Waals surface area contributed by atoms with Crippen LogP contribution in [-0.2, 0) is 4.79 Å². The largest absolute Gasteiger partial charge is 0.325 e. The number of carbonyl (C=O) groups is 1. The summed E-state index contributed by atoms with van der Waals surface area (Å²) >= 11 is 0. The fourth-order valence-corrected chi connectivity index (χ4v) is 3.59. The van der Waals surface area contributed by atoms with E-state index >= 15 is 0 Å². The maximum atomic E-state index is 12.8. The number of amides is 1.